The molecule has 4 rings (SSSR count). The zero-order valence-corrected chi connectivity index (χ0v) is 12.7. The van der Waals surface area contributed by atoms with E-state index in [-0.39, 0.29) is 17.9 Å². The molecule has 20 heavy (non-hydrogen) atoms. The third-order valence-corrected chi connectivity index (χ3v) is 5.61. The fraction of sp³-hybridized carbons (Fsp3) is 0.867. The molecular weight excluding hydrogens is 272 g/mol. The standard InChI is InChI=1S/C15H24N2O2S/c18-3-1-2-16-14(20)17-13(19)15-7-10-4-11(8-15)6-12(5-10)9-15/h10-12,18H,1-9H2,(H2,16,17,19,20). The van der Waals surface area contributed by atoms with E-state index in [1.807, 2.05) is 0 Å². The van der Waals surface area contributed by atoms with Crippen LogP contribution in [0.3, 0.4) is 0 Å². The van der Waals surface area contributed by atoms with E-state index in [9.17, 15) is 4.79 Å². The first-order valence-electron chi connectivity index (χ1n) is 7.81. The SMILES string of the molecule is O=C(NC(=S)NCCCO)C12CC3CC(CC(C3)C1)C2. The molecule has 4 bridgehead atoms. The van der Waals surface area contributed by atoms with E-state index < -0.39 is 0 Å². The summed E-state index contributed by atoms with van der Waals surface area (Å²) in [6, 6.07) is 0. The number of aliphatic hydroxyl groups is 1. The lowest BCUT2D eigenvalue weighted by Gasteiger charge is -2.55. The van der Waals surface area contributed by atoms with Crippen molar-refractivity contribution in [2.24, 2.45) is 23.2 Å². The predicted molar refractivity (Wildman–Crippen MR) is 81.1 cm³/mol. The van der Waals surface area contributed by atoms with Crippen molar-refractivity contribution in [3.63, 3.8) is 0 Å². The number of nitrogens with one attached hydrogen (secondary N) is 2. The molecule has 3 N–H and O–H groups in total. The largest absolute Gasteiger partial charge is 0.396 e. The predicted octanol–water partition coefficient (Wildman–Crippen LogP) is 1.58. The molecule has 1 amide bonds. The molecule has 4 nitrogen and oxygen atoms in total. The van der Waals surface area contributed by atoms with E-state index >= 15 is 0 Å². The van der Waals surface area contributed by atoms with Crippen LogP contribution in [0.25, 0.3) is 0 Å². The molecule has 0 aromatic rings. The van der Waals surface area contributed by atoms with E-state index in [0.29, 0.717) is 18.1 Å². The van der Waals surface area contributed by atoms with Crippen molar-refractivity contribution in [1.29, 1.82) is 0 Å². The number of amides is 1. The summed E-state index contributed by atoms with van der Waals surface area (Å²) < 4.78 is 0. The van der Waals surface area contributed by atoms with Crippen LogP contribution in [0.5, 0.6) is 0 Å². The Balaban J connectivity index is 1.58. The first-order chi connectivity index (χ1) is 9.61. The van der Waals surface area contributed by atoms with Gasteiger partial charge < -0.3 is 15.7 Å². The highest BCUT2D eigenvalue weighted by molar-refractivity contribution is 7.80. The molecule has 0 heterocycles. The molecule has 5 heteroatoms. The summed E-state index contributed by atoms with van der Waals surface area (Å²) in [5, 5.41) is 15.0. The van der Waals surface area contributed by atoms with Crippen molar-refractivity contribution in [2.45, 2.75) is 44.9 Å². The van der Waals surface area contributed by atoms with E-state index in [1.54, 1.807) is 0 Å². The Labute approximate surface area is 125 Å². The third-order valence-electron chi connectivity index (χ3n) is 5.37. The minimum absolute atomic E-state index is 0.137. The van der Waals surface area contributed by atoms with Crippen LogP contribution in [0.15, 0.2) is 0 Å². The van der Waals surface area contributed by atoms with Crippen molar-refractivity contribution in [2.75, 3.05) is 13.2 Å². The van der Waals surface area contributed by atoms with Crippen molar-refractivity contribution in [1.82, 2.24) is 10.6 Å². The van der Waals surface area contributed by atoms with Gasteiger partial charge in [0.25, 0.3) is 0 Å². The topological polar surface area (TPSA) is 61.4 Å². The summed E-state index contributed by atoms with van der Waals surface area (Å²) in [4.78, 5) is 12.7. The van der Waals surface area contributed by atoms with Gasteiger partial charge in [-0.3, -0.25) is 4.79 Å². The fourth-order valence-corrected chi connectivity index (χ4v) is 5.14. The minimum Gasteiger partial charge on any atom is -0.396 e. The number of carbonyl (C=O) groups excluding carboxylic acids is 1. The van der Waals surface area contributed by atoms with E-state index in [4.69, 9.17) is 17.3 Å². The van der Waals surface area contributed by atoms with Crippen LogP contribution in [0.1, 0.15) is 44.9 Å². The Kier molecular flexibility index (Phi) is 4.00. The summed E-state index contributed by atoms with van der Waals surface area (Å²) in [7, 11) is 0. The smallest absolute Gasteiger partial charge is 0.232 e. The second-order valence-electron chi connectivity index (χ2n) is 6.99. The summed E-state index contributed by atoms with van der Waals surface area (Å²) in [5.41, 5.74) is -0.141. The molecule has 0 unspecified atom stereocenters. The molecule has 0 aliphatic heterocycles. The number of hydrogen-bond acceptors (Lipinski definition) is 3. The van der Waals surface area contributed by atoms with Crippen molar-refractivity contribution in [3.8, 4) is 0 Å². The van der Waals surface area contributed by atoms with Crippen LogP contribution in [-0.4, -0.2) is 29.3 Å². The van der Waals surface area contributed by atoms with Gasteiger partial charge in [0.15, 0.2) is 5.11 Å². The van der Waals surface area contributed by atoms with Crippen LogP contribution in [0.4, 0.5) is 0 Å². The van der Waals surface area contributed by atoms with Crippen LogP contribution in [-0.2, 0) is 4.79 Å². The Morgan fingerprint density at radius 3 is 2.20 bits per heavy atom. The van der Waals surface area contributed by atoms with Gasteiger partial charge in [-0.25, -0.2) is 0 Å². The lowest BCUT2D eigenvalue weighted by molar-refractivity contribution is -0.144. The van der Waals surface area contributed by atoms with Gasteiger partial charge in [0.05, 0.1) is 5.41 Å². The molecule has 4 aliphatic rings. The first kappa shape index (κ1) is 14.3. The molecular formula is C15H24N2O2S. The average molecular weight is 296 g/mol. The van der Waals surface area contributed by atoms with Gasteiger partial charge >= 0.3 is 0 Å². The molecule has 112 valence electrons. The third kappa shape index (κ3) is 2.70. The summed E-state index contributed by atoms with van der Waals surface area (Å²) in [5.74, 6) is 2.44. The number of hydrogen-bond donors (Lipinski definition) is 3. The van der Waals surface area contributed by atoms with E-state index in [2.05, 4.69) is 10.6 Å². The van der Waals surface area contributed by atoms with E-state index in [0.717, 1.165) is 37.0 Å². The van der Waals surface area contributed by atoms with Gasteiger partial charge in [-0.2, -0.15) is 0 Å². The Bertz CT molecular complexity index is 375. The second kappa shape index (κ2) is 5.60. The highest BCUT2D eigenvalue weighted by atomic mass is 32.1. The summed E-state index contributed by atoms with van der Waals surface area (Å²) in [6.45, 7) is 0.745. The van der Waals surface area contributed by atoms with Gasteiger partial charge in [-0.1, -0.05) is 0 Å². The summed E-state index contributed by atoms with van der Waals surface area (Å²) in [6.07, 6.45) is 7.84. The highest BCUT2D eigenvalue weighted by Crippen LogP contribution is 2.60. The zero-order chi connectivity index (χ0) is 14.2. The minimum atomic E-state index is -0.141. The van der Waals surface area contributed by atoms with Gasteiger partial charge in [0, 0.05) is 13.2 Å². The Morgan fingerprint density at radius 1 is 1.15 bits per heavy atom. The van der Waals surface area contributed by atoms with Gasteiger partial charge in [0.1, 0.15) is 0 Å². The monoisotopic (exact) mass is 296 g/mol. The second-order valence-corrected chi connectivity index (χ2v) is 7.39. The molecule has 0 atom stereocenters. The van der Waals surface area contributed by atoms with Gasteiger partial charge in [-0.05, 0) is 74.9 Å². The van der Waals surface area contributed by atoms with Crippen molar-refractivity contribution in [3.05, 3.63) is 0 Å². The molecule has 0 aromatic heterocycles. The van der Waals surface area contributed by atoms with Gasteiger partial charge in [0.2, 0.25) is 5.91 Å². The normalized spacial score (nSPS) is 37.8. The molecule has 0 radical (unpaired) electrons. The molecule has 0 spiro atoms. The molecule has 0 aromatic carbocycles. The average Bonchev–Trinajstić information content (AvgIpc) is 2.37. The fourth-order valence-electron chi connectivity index (χ4n) is 4.95. The number of aliphatic hydroxyl groups excluding tert-OH is 1. The van der Waals surface area contributed by atoms with Crippen LogP contribution in [0.2, 0.25) is 0 Å². The van der Waals surface area contributed by atoms with E-state index in [1.165, 1.54) is 19.3 Å². The van der Waals surface area contributed by atoms with Crippen LogP contribution < -0.4 is 10.6 Å². The van der Waals surface area contributed by atoms with Gasteiger partial charge in [-0.15, -0.1) is 0 Å². The maximum absolute atomic E-state index is 12.7. The number of rotatable bonds is 4. The summed E-state index contributed by atoms with van der Waals surface area (Å²) >= 11 is 5.17. The maximum atomic E-state index is 12.7. The lowest BCUT2D eigenvalue weighted by Crippen LogP contribution is -2.55. The van der Waals surface area contributed by atoms with Crippen LogP contribution in [0, 0.1) is 23.2 Å². The van der Waals surface area contributed by atoms with Crippen LogP contribution >= 0.6 is 12.2 Å². The first-order valence-corrected chi connectivity index (χ1v) is 8.22. The number of carbonyl (C=O) groups is 1. The Hall–Kier alpha value is -0.680. The molecule has 4 fully saturated rings. The molecule has 0 saturated heterocycles. The highest BCUT2D eigenvalue weighted by Gasteiger charge is 2.54. The lowest BCUT2D eigenvalue weighted by atomic mass is 9.49. The van der Waals surface area contributed by atoms with Crippen molar-refractivity contribution < 1.29 is 9.90 Å². The quantitative estimate of drug-likeness (QED) is 0.544. The Morgan fingerprint density at radius 2 is 1.70 bits per heavy atom. The zero-order valence-electron chi connectivity index (χ0n) is 11.9. The number of thiocarbonyl (C=S) groups is 1. The molecule has 4 aliphatic carbocycles. The van der Waals surface area contributed by atoms with Crippen molar-refractivity contribution >= 4 is 23.2 Å². The molecule has 4 saturated carbocycles. The maximum Gasteiger partial charge on any atom is 0.232 e.